The Balaban J connectivity index is 1.58. The molecule has 0 aliphatic carbocycles. The van der Waals surface area contributed by atoms with Crippen molar-refractivity contribution in [2.45, 2.75) is 51.0 Å². The number of carboxylic acids is 1. The van der Waals surface area contributed by atoms with Gasteiger partial charge < -0.3 is 24.6 Å². The van der Waals surface area contributed by atoms with Gasteiger partial charge in [0.05, 0.1) is 13.2 Å². The fraction of sp³-hybridized carbons (Fsp3) is 0.556. The van der Waals surface area contributed by atoms with Crippen LogP contribution in [0.1, 0.15) is 30.4 Å². The minimum absolute atomic E-state index is 0.0331. The van der Waals surface area contributed by atoms with E-state index in [2.05, 4.69) is 5.32 Å². The zero-order valence-corrected chi connectivity index (χ0v) is 14.2. The first-order chi connectivity index (χ1) is 12.0. The number of aryl methyl sites for hydroxylation is 1. The van der Waals surface area contributed by atoms with E-state index >= 15 is 0 Å². The first kappa shape index (κ1) is 17.7. The molecule has 3 atom stereocenters. The average molecular weight is 349 g/mol. The molecule has 2 N–H and O–H groups in total. The second kappa shape index (κ2) is 7.84. The van der Waals surface area contributed by atoms with Crippen LogP contribution >= 0.6 is 0 Å². The number of carboxylic acid groups (broad SMARTS) is 1. The fourth-order valence-electron chi connectivity index (χ4n) is 3.01. The molecule has 7 heteroatoms. The normalized spacial score (nSPS) is 25.7. The molecule has 2 aliphatic heterocycles. The van der Waals surface area contributed by atoms with Gasteiger partial charge in [-0.15, -0.1) is 0 Å². The maximum atomic E-state index is 12.2. The van der Waals surface area contributed by atoms with E-state index in [-0.39, 0.29) is 12.0 Å². The molecule has 0 radical (unpaired) electrons. The van der Waals surface area contributed by atoms with Gasteiger partial charge in [-0.1, -0.05) is 12.1 Å². The Hall–Kier alpha value is -2.12. The fourth-order valence-corrected chi connectivity index (χ4v) is 3.01. The number of ether oxygens (including phenoxy) is 3. The maximum Gasteiger partial charge on any atom is 0.332 e. The SMILES string of the molecule is Cc1ccc(CNC(=O)[C@@H]2CC[C@H](C(=O)O)O2)c(OC2CCOC2)c1. The predicted octanol–water partition coefficient (Wildman–Crippen LogP) is 1.41. The van der Waals surface area contributed by atoms with Crippen molar-refractivity contribution in [1.29, 1.82) is 0 Å². The molecular formula is C18H23NO6. The molecule has 0 bridgehead atoms. The van der Waals surface area contributed by atoms with E-state index < -0.39 is 18.2 Å². The summed E-state index contributed by atoms with van der Waals surface area (Å²) in [6.45, 7) is 3.57. The van der Waals surface area contributed by atoms with Gasteiger partial charge in [0.1, 0.15) is 18.0 Å². The van der Waals surface area contributed by atoms with Crippen molar-refractivity contribution >= 4 is 11.9 Å². The summed E-state index contributed by atoms with van der Waals surface area (Å²) in [6, 6.07) is 5.84. The van der Waals surface area contributed by atoms with E-state index in [1.165, 1.54) is 0 Å². The molecule has 0 saturated carbocycles. The van der Waals surface area contributed by atoms with E-state index in [4.69, 9.17) is 19.3 Å². The number of hydrogen-bond donors (Lipinski definition) is 2. The van der Waals surface area contributed by atoms with Gasteiger partial charge in [0.2, 0.25) is 5.91 Å². The first-order valence-electron chi connectivity index (χ1n) is 8.53. The second-order valence-corrected chi connectivity index (χ2v) is 6.46. The Kier molecular flexibility index (Phi) is 5.55. The van der Waals surface area contributed by atoms with E-state index in [1.54, 1.807) is 0 Å². The molecule has 1 aromatic carbocycles. The molecule has 2 saturated heterocycles. The van der Waals surface area contributed by atoms with Crippen LogP contribution in [-0.2, 0) is 25.6 Å². The lowest BCUT2D eigenvalue weighted by atomic mass is 10.1. The number of hydrogen-bond acceptors (Lipinski definition) is 5. The second-order valence-electron chi connectivity index (χ2n) is 6.46. The molecule has 3 rings (SSSR count). The van der Waals surface area contributed by atoms with E-state index in [0.29, 0.717) is 32.6 Å². The van der Waals surface area contributed by atoms with Crippen molar-refractivity contribution in [3.8, 4) is 5.75 Å². The summed E-state index contributed by atoms with van der Waals surface area (Å²) in [6.07, 6.45) is 0.0564. The number of benzene rings is 1. The number of amides is 1. The molecule has 136 valence electrons. The Morgan fingerprint density at radius 3 is 2.76 bits per heavy atom. The predicted molar refractivity (Wildman–Crippen MR) is 88.4 cm³/mol. The summed E-state index contributed by atoms with van der Waals surface area (Å²) in [4.78, 5) is 23.1. The van der Waals surface area contributed by atoms with E-state index in [1.807, 2.05) is 25.1 Å². The van der Waals surface area contributed by atoms with Crippen LogP contribution in [0.4, 0.5) is 0 Å². The monoisotopic (exact) mass is 349 g/mol. The Labute approximate surface area is 146 Å². The summed E-state index contributed by atoms with van der Waals surface area (Å²) in [7, 11) is 0. The van der Waals surface area contributed by atoms with Gasteiger partial charge >= 0.3 is 5.97 Å². The van der Waals surface area contributed by atoms with Crippen LogP contribution in [0.25, 0.3) is 0 Å². The highest BCUT2D eigenvalue weighted by Crippen LogP contribution is 2.24. The summed E-state index contributed by atoms with van der Waals surface area (Å²) < 4.78 is 16.6. The van der Waals surface area contributed by atoms with Gasteiger partial charge in [-0.25, -0.2) is 4.79 Å². The zero-order valence-electron chi connectivity index (χ0n) is 14.2. The van der Waals surface area contributed by atoms with Crippen molar-refractivity contribution in [2.24, 2.45) is 0 Å². The van der Waals surface area contributed by atoms with Gasteiger partial charge in [-0.05, 0) is 31.4 Å². The van der Waals surface area contributed by atoms with Gasteiger partial charge in [0.25, 0.3) is 0 Å². The standard InChI is InChI=1S/C18H23NO6/c1-11-2-3-12(16(8-11)24-13-6-7-23-10-13)9-19-17(20)14-4-5-15(25-14)18(21)22/h2-3,8,13-15H,4-7,9-10H2,1H3,(H,19,20)(H,21,22)/t13?,14-,15+/m0/s1. The lowest BCUT2D eigenvalue weighted by molar-refractivity contribution is -0.151. The summed E-state index contributed by atoms with van der Waals surface area (Å²) in [5.41, 5.74) is 1.95. The summed E-state index contributed by atoms with van der Waals surface area (Å²) in [5.74, 6) is -0.575. The van der Waals surface area contributed by atoms with Gasteiger partial charge in [-0.3, -0.25) is 4.79 Å². The highest BCUT2D eigenvalue weighted by atomic mass is 16.5. The van der Waals surface area contributed by atoms with Crippen LogP contribution in [-0.4, -0.2) is 48.5 Å². The van der Waals surface area contributed by atoms with Gasteiger partial charge in [0.15, 0.2) is 6.10 Å². The molecule has 1 aromatic rings. The Morgan fingerprint density at radius 2 is 2.08 bits per heavy atom. The third kappa shape index (κ3) is 4.49. The Morgan fingerprint density at radius 1 is 1.28 bits per heavy atom. The first-order valence-corrected chi connectivity index (χ1v) is 8.53. The Bertz CT molecular complexity index is 640. The van der Waals surface area contributed by atoms with Crippen LogP contribution in [0, 0.1) is 6.92 Å². The summed E-state index contributed by atoms with van der Waals surface area (Å²) in [5, 5.41) is 11.8. The highest BCUT2D eigenvalue weighted by Gasteiger charge is 2.34. The lowest BCUT2D eigenvalue weighted by Gasteiger charge is -2.17. The molecule has 1 unspecified atom stereocenters. The maximum absolute atomic E-state index is 12.2. The van der Waals surface area contributed by atoms with Crippen molar-refractivity contribution < 1.29 is 28.9 Å². The number of nitrogens with one attached hydrogen (secondary N) is 1. The van der Waals surface area contributed by atoms with Crippen LogP contribution in [0.15, 0.2) is 18.2 Å². The van der Waals surface area contributed by atoms with Crippen molar-refractivity contribution in [2.75, 3.05) is 13.2 Å². The molecule has 0 aromatic heterocycles. The molecule has 2 fully saturated rings. The van der Waals surface area contributed by atoms with Gasteiger partial charge in [-0.2, -0.15) is 0 Å². The van der Waals surface area contributed by atoms with Gasteiger partial charge in [0, 0.05) is 18.5 Å². The van der Waals surface area contributed by atoms with Crippen LogP contribution < -0.4 is 10.1 Å². The third-order valence-electron chi connectivity index (χ3n) is 4.44. The minimum atomic E-state index is -1.02. The molecular weight excluding hydrogens is 326 g/mol. The number of carbonyl (C=O) groups excluding carboxylic acids is 1. The van der Waals surface area contributed by atoms with Crippen molar-refractivity contribution in [3.05, 3.63) is 29.3 Å². The molecule has 2 heterocycles. The minimum Gasteiger partial charge on any atom is -0.488 e. The smallest absolute Gasteiger partial charge is 0.332 e. The molecule has 7 nitrogen and oxygen atoms in total. The summed E-state index contributed by atoms with van der Waals surface area (Å²) >= 11 is 0. The van der Waals surface area contributed by atoms with Crippen LogP contribution in [0.5, 0.6) is 5.75 Å². The number of aliphatic carboxylic acids is 1. The lowest BCUT2D eigenvalue weighted by Crippen LogP contribution is -2.35. The van der Waals surface area contributed by atoms with Crippen LogP contribution in [0.3, 0.4) is 0 Å². The zero-order chi connectivity index (χ0) is 17.8. The van der Waals surface area contributed by atoms with Crippen molar-refractivity contribution in [3.63, 3.8) is 0 Å². The largest absolute Gasteiger partial charge is 0.488 e. The van der Waals surface area contributed by atoms with Crippen molar-refractivity contribution in [1.82, 2.24) is 5.32 Å². The highest BCUT2D eigenvalue weighted by molar-refractivity contribution is 5.82. The van der Waals surface area contributed by atoms with Crippen LogP contribution in [0.2, 0.25) is 0 Å². The average Bonchev–Trinajstić information content (AvgIpc) is 3.25. The molecule has 2 aliphatic rings. The topological polar surface area (TPSA) is 94.1 Å². The molecule has 1 amide bonds. The van der Waals surface area contributed by atoms with E-state index in [0.717, 1.165) is 23.3 Å². The third-order valence-corrected chi connectivity index (χ3v) is 4.44. The quantitative estimate of drug-likeness (QED) is 0.806. The number of carbonyl (C=O) groups is 2. The molecule has 25 heavy (non-hydrogen) atoms. The molecule has 0 spiro atoms. The van der Waals surface area contributed by atoms with E-state index in [9.17, 15) is 9.59 Å². The number of rotatable bonds is 6.